The van der Waals surface area contributed by atoms with Crippen LogP contribution >= 0.6 is 39.1 Å². The van der Waals surface area contributed by atoms with Crippen LogP contribution in [0.2, 0.25) is 10.0 Å². The number of nitrogens with zero attached hydrogens (tertiary/aromatic N) is 1. The summed E-state index contributed by atoms with van der Waals surface area (Å²) in [5.41, 5.74) is 1.31. The second-order valence-corrected chi connectivity index (χ2v) is 6.85. The van der Waals surface area contributed by atoms with Gasteiger partial charge in [0.15, 0.2) is 0 Å². The topological polar surface area (TPSA) is 32.3 Å². The van der Waals surface area contributed by atoms with E-state index in [1.54, 1.807) is 24.3 Å². The molecule has 1 amide bonds. The number of hydrogen-bond acceptors (Lipinski definition) is 2. The van der Waals surface area contributed by atoms with Gasteiger partial charge in [-0.25, -0.2) is 4.39 Å². The molecule has 0 saturated carbocycles. The summed E-state index contributed by atoms with van der Waals surface area (Å²) in [7, 11) is 0. The van der Waals surface area contributed by atoms with Gasteiger partial charge in [-0.15, -0.1) is 0 Å². The molecule has 0 saturated heterocycles. The number of hydrogen-bond donors (Lipinski definition) is 1. The summed E-state index contributed by atoms with van der Waals surface area (Å²) in [5, 5.41) is 3.51. The zero-order chi connectivity index (χ0) is 17.7. The first-order valence-electron chi connectivity index (χ1n) is 7.31. The maximum absolute atomic E-state index is 13.2. The van der Waals surface area contributed by atoms with Crippen molar-refractivity contribution in [3.05, 3.63) is 62.3 Å². The van der Waals surface area contributed by atoms with Gasteiger partial charge in [0.05, 0.1) is 22.3 Å². The maximum atomic E-state index is 13.2. The Morgan fingerprint density at radius 3 is 2.50 bits per heavy atom. The molecule has 0 aliphatic carbocycles. The van der Waals surface area contributed by atoms with Crippen molar-refractivity contribution in [2.75, 3.05) is 18.4 Å². The molecule has 0 radical (unpaired) electrons. The van der Waals surface area contributed by atoms with E-state index in [9.17, 15) is 9.18 Å². The lowest BCUT2D eigenvalue weighted by Gasteiger charge is -2.21. The summed E-state index contributed by atoms with van der Waals surface area (Å²) >= 11 is 15.5. The number of carbonyl (C=O) groups is 1. The van der Waals surface area contributed by atoms with Crippen LogP contribution in [0.15, 0.2) is 40.9 Å². The number of carbonyl (C=O) groups excluding carboxylic acids is 1. The number of anilines is 1. The van der Waals surface area contributed by atoms with E-state index in [0.717, 1.165) is 5.56 Å². The molecule has 0 bridgehead atoms. The number of benzene rings is 2. The predicted octanol–water partition coefficient (Wildman–Crippen LogP) is 5.36. The summed E-state index contributed by atoms with van der Waals surface area (Å²) in [6.45, 7) is 3.30. The third-order valence-electron chi connectivity index (χ3n) is 3.45. The lowest BCUT2D eigenvalue weighted by atomic mass is 10.2. The van der Waals surface area contributed by atoms with Crippen molar-refractivity contribution in [1.29, 1.82) is 0 Å². The molecule has 24 heavy (non-hydrogen) atoms. The van der Waals surface area contributed by atoms with E-state index < -0.39 is 0 Å². The minimum atomic E-state index is -0.306. The van der Waals surface area contributed by atoms with Crippen molar-refractivity contribution in [3.63, 3.8) is 0 Å². The van der Waals surface area contributed by atoms with E-state index in [1.807, 2.05) is 11.8 Å². The molecule has 0 fully saturated rings. The molecule has 0 aliphatic heterocycles. The van der Waals surface area contributed by atoms with Crippen molar-refractivity contribution in [2.24, 2.45) is 0 Å². The predicted molar refractivity (Wildman–Crippen MR) is 100 cm³/mol. The van der Waals surface area contributed by atoms with Crippen molar-refractivity contribution < 1.29 is 9.18 Å². The molecule has 1 N–H and O–H groups in total. The Hall–Kier alpha value is -1.14. The van der Waals surface area contributed by atoms with E-state index in [0.29, 0.717) is 33.3 Å². The summed E-state index contributed by atoms with van der Waals surface area (Å²) < 4.78 is 13.8. The summed E-state index contributed by atoms with van der Waals surface area (Å²) in [6, 6.07) is 9.55. The molecule has 0 unspecified atom stereocenters. The highest BCUT2D eigenvalue weighted by atomic mass is 79.9. The largest absolute Gasteiger partial charge is 0.322 e. The molecule has 2 aromatic carbocycles. The highest BCUT2D eigenvalue weighted by molar-refractivity contribution is 9.10. The van der Waals surface area contributed by atoms with Crippen LogP contribution in [0.3, 0.4) is 0 Å². The number of rotatable bonds is 6. The SMILES string of the molecule is CCN(CC(=O)Nc1c(Cl)cccc1Cl)Cc1ccc(F)cc1Br. The third-order valence-corrected chi connectivity index (χ3v) is 4.82. The number of halogens is 4. The second-order valence-electron chi connectivity index (χ2n) is 5.18. The number of nitrogens with one attached hydrogen (secondary N) is 1. The smallest absolute Gasteiger partial charge is 0.238 e. The Labute approximate surface area is 158 Å². The standard InChI is InChI=1S/C17H16BrCl2FN2O/c1-2-23(9-11-6-7-12(21)8-13(11)18)10-16(24)22-17-14(19)4-3-5-15(17)20/h3-8H,2,9-10H2,1H3,(H,22,24). The van der Waals surface area contributed by atoms with Gasteiger partial charge in [-0.05, 0) is 36.4 Å². The first-order valence-corrected chi connectivity index (χ1v) is 8.85. The van der Waals surface area contributed by atoms with Crippen LogP contribution in [-0.2, 0) is 11.3 Å². The zero-order valence-electron chi connectivity index (χ0n) is 13.0. The van der Waals surface area contributed by atoms with Gasteiger partial charge in [-0.2, -0.15) is 0 Å². The van der Waals surface area contributed by atoms with Gasteiger partial charge in [-0.3, -0.25) is 9.69 Å². The van der Waals surface area contributed by atoms with E-state index in [4.69, 9.17) is 23.2 Å². The van der Waals surface area contributed by atoms with Crippen LogP contribution in [0.25, 0.3) is 0 Å². The zero-order valence-corrected chi connectivity index (χ0v) is 16.1. The molecule has 128 valence electrons. The first kappa shape index (κ1) is 19.2. The Balaban J connectivity index is 2.03. The minimum Gasteiger partial charge on any atom is -0.322 e. The fourth-order valence-corrected chi connectivity index (χ4v) is 3.14. The molecule has 0 aromatic heterocycles. The van der Waals surface area contributed by atoms with Gasteiger partial charge in [0.1, 0.15) is 5.82 Å². The van der Waals surface area contributed by atoms with Crippen LogP contribution in [0, 0.1) is 5.82 Å². The summed E-state index contributed by atoms with van der Waals surface area (Å²) in [4.78, 5) is 14.2. The van der Waals surface area contributed by atoms with E-state index in [2.05, 4.69) is 21.2 Å². The average molecular weight is 434 g/mol. The van der Waals surface area contributed by atoms with Crippen LogP contribution < -0.4 is 5.32 Å². The molecule has 0 atom stereocenters. The Bertz CT molecular complexity index is 722. The summed E-state index contributed by atoms with van der Waals surface area (Å²) in [5.74, 6) is -0.523. The molecule has 0 aliphatic rings. The van der Waals surface area contributed by atoms with Gasteiger partial charge in [0.25, 0.3) is 0 Å². The van der Waals surface area contributed by atoms with Gasteiger partial charge in [0, 0.05) is 11.0 Å². The van der Waals surface area contributed by atoms with E-state index in [1.165, 1.54) is 12.1 Å². The molecular weight excluding hydrogens is 418 g/mol. The third kappa shape index (κ3) is 5.18. The molecule has 2 rings (SSSR count). The van der Waals surface area contributed by atoms with Crippen molar-refractivity contribution in [1.82, 2.24) is 4.90 Å². The first-order chi connectivity index (χ1) is 11.4. The highest BCUT2D eigenvalue weighted by Crippen LogP contribution is 2.29. The van der Waals surface area contributed by atoms with Crippen LogP contribution in [0.4, 0.5) is 10.1 Å². The Morgan fingerprint density at radius 1 is 1.25 bits per heavy atom. The fraction of sp³-hybridized carbons (Fsp3) is 0.235. The van der Waals surface area contributed by atoms with Crippen LogP contribution in [0.5, 0.6) is 0 Å². The lowest BCUT2D eigenvalue weighted by molar-refractivity contribution is -0.117. The molecule has 3 nitrogen and oxygen atoms in total. The Kier molecular flexibility index (Phi) is 7.04. The van der Waals surface area contributed by atoms with Gasteiger partial charge in [0.2, 0.25) is 5.91 Å². The van der Waals surface area contributed by atoms with E-state index >= 15 is 0 Å². The molecule has 0 spiro atoms. The number of amides is 1. The monoisotopic (exact) mass is 432 g/mol. The highest BCUT2D eigenvalue weighted by Gasteiger charge is 2.14. The van der Waals surface area contributed by atoms with Gasteiger partial charge < -0.3 is 5.32 Å². The van der Waals surface area contributed by atoms with E-state index in [-0.39, 0.29) is 18.3 Å². The molecule has 7 heteroatoms. The maximum Gasteiger partial charge on any atom is 0.238 e. The van der Waals surface area contributed by atoms with Crippen molar-refractivity contribution in [2.45, 2.75) is 13.5 Å². The molecule has 2 aromatic rings. The number of likely N-dealkylation sites (N-methyl/N-ethyl adjacent to an activating group) is 1. The van der Waals surface area contributed by atoms with Crippen LogP contribution in [-0.4, -0.2) is 23.9 Å². The summed E-state index contributed by atoms with van der Waals surface area (Å²) in [6.07, 6.45) is 0. The molecule has 0 heterocycles. The minimum absolute atomic E-state index is 0.169. The quantitative estimate of drug-likeness (QED) is 0.665. The van der Waals surface area contributed by atoms with Crippen molar-refractivity contribution >= 4 is 50.7 Å². The van der Waals surface area contributed by atoms with Crippen molar-refractivity contribution in [3.8, 4) is 0 Å². The lowest BCUT2D eigenvalue weighted by Crippen LogP contribution is -2.33. The number of para-hydroxylation sites is 1. The fourth-order valence-electron chi connectivity index (χ4n) is 2.17. The van der Waals surface area contributed by atoms with Crippen LogP contribution in [0.1, 0.15) is 12.5 Å². The Morgan fingerprint density at radius 2 is 1.92 bits per heavy atom. The van der Waals surface area contributed by atoms with Gasteiger partial charge in [-0.1, -0.05) is 58.2 Å². The molecular formula is C17H16BrCl2FN2O. The average Bonchev–Trinajstić information content (AvgIpc) is 2.53. The van der Waals surface area contributed by atoms with Gasteiger partial charge >= 0.3 is 0 Å². The second kappa shape index (κ2) is 8.81. The normalized spacial score (nSPS) is 10.9.